The first-order chi connectivity index (χ1) is 33.9. The number of carbonyl (C=O) groups excluding carboxylic acids is 9. The van der Waals surface area contributed by atoms with Crippen molar-refractivity contribution in [3.63, 3.8) is 0 Å². The Balaban J connectivity index is 2.49. The molecule has 0 saturated carbocycles. The summed E-state index contributed by atoms with van der Waals surface area (Å²) in [7, 11) is 0. The summed E-state index contributed by atoms with van der Waals surface area (Å²) in [6.07, 6.45) is -0.586. The fourth-order valence-electron chi connectivity index (χ4n) is 7.24. The Labute approximate surface area is 411 Å². The van der Waals surface area contributed by atoms with Crippen molar-refractivity contribution in [1.29, 1.82) is 0 Å². The third-order valence-electron chi connectivity index (χ3n) is 10.9. The van der Waals surface area contributed by atoms with E-state index in [0.717, 1.165) is 4.90 Å². The lowest BCUT2D eigenvalue weighted by Gasteiger charge is -2.30. The van der Waals surface area contributed by atoms with Crippen LogP contribution in [-0.4, -0.2) is 175 Å². The standard InChI is InChI=1S/C41H66N16O15/c42-12-2-1-5-22(51-37(68)26(17-32(62)63)54-33(64)21(43)8-11-31(60)61)35(66)55-25(15-20-18-48-19-50-20)36(67)52-23(6-3-13-49-41(46)47)34(65)53-24(9-10-29(44)58)39(70)57-14-4-7-28(57)38(69)56-27(40(71)72)16-30(45)59/h18-19,21-28H,1-17,42-43H2,(H2,44,58)(H2,45,59)(H,48,50)(H,51,68)(H,52,67)(H,53,65)(H,54,64)(H,55,66)(H,56,69)(H,60,61)(H,62,63)(H,71,72)(H4,46,47,49)/t21-,22-,23-,24-,25-,26-,27-,28-/m0/s1. The van der Waals surface area contributed by atoms with Gasteiger partial charge in [0.05, 0.1) is 25.2 Å². The summed E-state index contributed by atoms with van der Waals surface area (Å²) in [6, 6.07) is -12.4. The van der Waals surface area contributed by atoms with E-state index in [2.05, 4.69) is 46.9 Å². The Morgan fingerprint density at radius 1 is 0.667 bits per heavy atom. The topological polar surface area (TPSA) is 538 Å². The number of carboxylic acid groups (broad SMARTS) is 3. The highest BCUT2D eigenvalue weighted by atomic mass is 16.4. The van der Waals surface area contributed by atoms with Crippen molar-refractivity contribution in [2.45, 2.75) is 138 Å². The molecule has 9 amide bonds. The van der Waals surface area contributed by atoms with Gasteiger partial charge in [0.1, 0.15) is 42.3 Å². The minimum atomic E-state index is -1.80. The average Bonchev–Trinajstić information content (AvgIpc) is 4.02. The summed E-state index contributed by atoms with van der Waals surface area (Å²) in [5, 5.41) is 42.4. The molecular formula is C41H66N16O15. The fourth-order valence-corrected chi connectivity index (χ4v) is 7.24. The highest BCUT2D eigenvalue weighted by molar-refractivity contribution is 5.99. The first kappa shape index (κ1) is 60.2. The highest BCUT2D eigenvalue weighted by Crippen LogP contribution is 2.21. The van der Waals surface area contributed by atoms with Gasteiger partial charge in [-0.1, -0.05) is 0 Å². The van der Waals surface area contributed by atoms with E-state index in [1.54, 1.807) is 0 Å². The second-order valence-corrected chi connectivity index (χ2v) is 16.7. The quantitative estimate of drug-likeness (QED) is 0.0173. The Bertz CT molecular complexity index is 2120. The number of aromatic nitrogens is 2. The van der Waals surface area contributed by atoms with Crippen molar-refractivity contribution in [1.82, 2.24) is 46.8 Å². The first-order valence-corrected chi connectivity index (χ1v) is 22.8. The number of rotatable bonds is 34. The number of aliphatic imine (C=N–C) groups is 1. The van der Waals surface area contributed by atoms with E-state index in [1.807, 2.05) is 0 Å². The number of unbranched alkanes of at least 4 members (excludes halogenated alkanes) is 1. The zero-order valence-electron chi connectivity index (χ0n) is 39.3. The van der Waals surface area contributed by atoms with E-state index in [9.17, 15) is 67.7 Å². The Hall–Kier alpha value is -7.96. The molecule has 0 spiro atoms. The number of hydrogen-bond acceptors (Lipinski definition) is 16. The number of imidazole rings is 1. The lowest BCUT2D eigenvalue weighted by atomic mass is 10.0. The SMILES string of the molecule is NCCCC[C@H](NC(=O)[C@H](CC(=O)O)NC(=O)[C@@H](N)CCC(=O)O)C(=O)N[C@@H](Cc1cnc[nH]1)C(=O)N[C@@H](CCCN=C(N)N)C(=O)N[C@@H](CCC(N)=O)C(=O)N1CCC[C@H]1C(=O)N[C@@H](CC(N)=O)C(=O)O. The summed E-state index contributed by atoms with van der Waals surface area (Å²) >= 11 is 0. The lowest BCUT2D eigenvalue weighted by Crippen LogP contribution is -2.60. The Kier molecular flexibility index (Phi) is 25.6. The van der Waals surface area contributed by atoms with Crippen LogP contribution in [0.3, 0.4) is 0 Å². The molecule has 22 N–H and O–H groups in total. The summed E-state index contributed by atoms with van der Waals surface area (Å²) < 4.78 is 0. The van der Waals surface area contributed by atoms with Crippen LogP contribution in [0.1, 0.15) is 89.2 Å². The molecule has 31 heteroatoms. The normalized spacial score (nSPS) is 15.9. The minimum absolute atomic E-state index is 0.0336. The van der Waals surface area contributed by atoms with Crippen LogP contribution in [0, 0.1) is 0 Å². The van der Waals surface area contributed by atoms with Gasteiger partial charge in [0.2, 0.25) is 53.2 Å². The number of nitrogens with two attached hydrogens (primary N) is 6. The van der Waals surface area contributed by atoms with Crippen LogP contribution >= 0.6 is 0 Å². The summed E-state index contributed by atoms with van der Waals surface area (Å²) in [5.41, 5.74) is 33.2. The molecule has 1 aromatic heterocycles. The van der Waals surface area contributed by atoms with Crippen molar-refractivity contribution in [3.8, 4) is 0 Å². The number of likely N-dealkylation sites (tertiary alicyclic amines) is 1. The van der Waals surface area contributed by atoms with Gasteiger partial charge in [-0.2, -0.15) is 0 Å². The van der Waals surface area contributed by atoms with Gasteiger partial charge in [0, 0.05) is 44.2 Å². The number of hydrogen-bond donors (Lipinski definition) is 16. The maximum absolute atomic E-state index is 14.3. The van der Waals surface area contributed by atoms with E-state index < -0.39 is 152 Å². The number of carbonyl (C=O) groups is 12. The highest BCUT2D eigenvalue weighted by Gasteiger charge is 2.40. The van der Waals surface area contributed by atoms with Crippen LogP contribution in [0.4, 0.5) is 0 Å². The van der Waals surface area contributed by atoms with Crippen molar-refractivity contribution < 1.29 is 72.9 Å². The molecule has 1 aromatic rings. The monoisotopic (exact) mass is 1020 g/mol. The van der Waals surface area contributed by atoms with E-state index in [1.165, 1.54) is 12.5 Å². The Morgan fingerprint density at radius 2 is 1.25 bits per heavy atom. The van der Waals surface area contributed by atoms with Crippen LogP contribution < -0.4 is 66.3 Å². The molecule has 31 nitrogen and oxygen atoms in total. The molecule has 1 aliphatic rings. The maximum Gasteiger partial charge on any atom is 0.326 e. The molecule has 0 radical (unpaired) electrons. The van der Waals surface area contributed by atoms with Gasteiger partial charge in [-0.05, 0) is 64.3 Å². The third-order valence-corrected chi connectivity index (χ3v) is 10.9. The summed E-state index contributed by atoms with van der Waals surface area (Å²) in [5.74, 6) is -13.6. The zero-order valence-corrected chi connectivity index (χ0v) is 39.3. The molecule has 400 valence electrons. The molecule has 1 aliphatic heterocycles. The largest absolute Gasteiger partial charge is 0.481 e. The molecule has 0 unspecified atom stereocenters. The molecule has 1 fully saturated rings. The van der Waals surface area contributed by atoms with Gasteiger partial charge in [-0.25, -0.2) is 9.78 Å². The molecule has 0 bridgehead atoms. The van der Waals surface area contributed by atoms with Crippen molar-refractivity contribution in [3.05, 3.63) is 18.2 Å². The molecule has 0 aliphatic carbocycles. The van der Waals surface area contributed by atoms with E-state index in [4.69, 9.17) is 39.5 Å². The second-order valence-electron chi connectivity index (χ2n) is 16.7. The molecule has 72 heavy (non-hydrogen) atoms. The number of carboxylic acids is 3. The number of guanidine groups is 1. The van der Waals surface area contributed by atoms with Crippen molar-refractivity contribution in [2.75, 3.05) is 19.6 Å². The van der Waals surface area contributed by atoms with Gasteiger partial charge in [0.15, 0.2) is 5.96 Å². The number of nitrogens with one attached hydrogen (secondary N) is 7. The molecule has 1 saturated heterocycles. The second kappa shape index (κ2) is 30.6. The molecule has 8 atom stereocenters. The molecule has 2 heterocycles. The number of H-pyrrole nitrogens is 1. The number of nitrogens with zero attached hydrogens (tertiary/aromatic N) is 3. The van der Waals surface area contributed by atoms with E-state index in [0.29, 0.717) is 12.1 Å². The van der Waals surface area contributed by atoms with Crippen LogP contribution in [0.15, 0.2) is 17.5 Å². The molecule has 0 aromatic carbocycles. The number of aliphatic carboxylic acids is 3. The number of primary amides is 2. The smallest absolute Gasteiger partial charge is 0.326 e. The average molecular weight is 1020 g/mol. The van der Waals surface area contributed by atoms with Crippen LogP contribution in [0.2, 0.25) is 0 Å². The molecule has 2 rings (SSSR count). The van der Waals surface area contributed by atoms with Crippen molar-refractivity contribution >= 4 is 77.0 Å². The van der Waals surface area contributed by atoms with Gasteiger partial charge >= 0.3 is 17.9 Å². The summed E-state index contributed by atoms with van der Waals surface area (Å²) in [4.78, 5) is 166. The maximum atomic E-state index is 14.3. The van der Waals surface area contributed by atoms with Gasteiger partial charge in [-0.15, -0.1) is 0 Å². The predicted octanol–water partition coefficient (Wildman–Crippen LogP) is -7.07. The van der Waals surface area contributed by atoms with Crippen molar-refractivity contribution in [2.24, 2.45) is 39.4 Å². The zero-order chi connectivity index (χ0) is 54.1. The van der Waals surface area contributed by atoms with Crippen LogP contribution in [-0.2, 0) is 64.0 Å². The lowest BCUT2D eigenvalue weighted by molar-refractivity contribution is -0.146. The molecular weight excluding hydrogens is 957 g/mol. The number of amides is 9. The van der Waals surface area contributed by atoms with E-state index >= 15 is 0 Å². The van der Waals surface area contributed by atoms with Gasteiger partial charge in [-0.3, -0.25) is 57.7 Å². The predicted molar refractivity (Wildman–Crippen MR) is 248 cm³/mol. The number of aromatic amines is 1. The van der Waals surface area contributed by atoms with E-state index in [-0.39, 0.29) is 77.0 Å². The van der Waals surface area contributed by atoms with Crippen LogP contribution in [0.5, 0.6) is 0 Å². The van der Waals surface area contributed by atoms with Crippen LogP contribution in [0.25, 0.3) is 0 Å². The Morgan fingerprint density at radius 3 is 1.79 bits per heavy atom. The van der Waals surface area contributed by atoms with Gasteiger partial charge < -0.3 is 91.5 Å². The van der Waals surface area contributed by atoms with Gasteiger partial charge in [0.25, 0.3) is 0 Å². The first-order valence-electron chi connectivity index (χ1n) is 22.8. The fraction of sp³-hybridized carbons (Fsp3) is 0.610. The minimum Gasteiger partial charge on any atom is -0.481 e. The third kappa shape index (κ3) is 21.8. The summed E-state index contributed by atoms with van der Waals surface area (Å²) in [6.45, 7) is 0.0619.